The molecule has 1 amide bonds. The lowest BCUT2D eigenvalue weighted by Crippen LogP contribution is -2.31. The number of halogens is 3. The van der Waals surface area contributed by atoms with Crippen LogP contribution in [0, 0.1) is 8.99 Å². The molecule has 0 aromatic heterocycles. The molecule has 98 valence electrons. The van der Waals surface area contributed by atoms with Gasteiger partial charge in [0.05, 0.1) is 5.56 Å². The van der Waals surface area contributed by atoms with Gasteiger partial charge in [0.25, 0.3) is 5.91 Å². The molecule has 0 bridgehead atoms. The fraction of sp³-hybridized carbons (Fsp3) is 0.462. The van der Waals surface area contributed by atoms with Crippen LogP contribution in [-0.2, 0) is 0 Å². The molecule has 0 saturated heterocycles. The zero-order valence-corrected chi connectivity index (χ0v) is 14.3. The van der Waals surface area contributed by atoms with Gasteiger partial charge < -0.3 is 5.32 Å². The van der Waals surface area contributed by atoms with Crippen molar-refractivity contribution in [2.24, 2.45) is 5.41 Å². The van der Waals surface area contributed by atoms with Gasteiger partial charge in [-0.15, -0.1) is 0 Å². The van der Waals surface area contributed by atoms with Crippen molar-refractivity contribution < 1.29 is 4.79 Å². The second-order valence-electron chi connectivity index (χ2n) is 4.75. The maximum absolute atomic E-state index is 12.1. The summed E-state index contributed by atoms with van der Waals surface area (Å²) in [7, 11) is 0. The van der Waals surface area contributed by atoms with Crippen LogP contribution in [0.3, 0.4) is 0 Å². The van der Waals surface area contributed by atoms with Gasteiger partial charge in [-0.25, -0.2) is 0 Å². The molecule has 0 heterocycles. The fourth-order valence-electron chi connectivity index (χ4n) is 1.93. The SMILES string of the molecule is O=C(NCC1(CCBr)CC1)c1cc(Cl)ccc1I. The van der Waals surface area contributed by atoms with Crippen molar-refractivity contribution in [2.45, 2.75) is 19.3 Å². The number of nitrogens with one attached hydrogen (secondary N) is 1. The first kappa shape index (κ1) is 14.6. The van der Waals surface area contributed by atoms with Crippen LogP contribution in [0.25, 0.3) is 0 Å². The lowest BCUT2D eigenvalue weighted by Gasteiger charge is -2.15. The van der Waals surface area contributed by atoms with E-state index in [0.29, 0.717) is 16.0 Å². The average molecular weight is 443 g/mol. The minimum atomic E-state index is -0.0252. The molecular weight excluding hydrogens is 428 g/mol. The van der Waals surface area contributed by atoms with Crippen LogP contribution in [0.1, 0.15) is 29.6 Å². The van der Waals surface area contributed by atoms with Crippen LogP contribution in [0.4, 0.5) is 0 Å². The van der Waals surface area contributed by atoms with Crippen LogP contribution in [0.15, 0.2) is 18.2 Å². The first-order valence-electron chi connectivity index (χ1n) is 5.86. The first-order chi connectivity index (χ1) is 8.56. The Morgan fingerprint density at radius 2 is 2.22 bits per heavy atom. The molecule has 2 nitrogen and oxygen atoms in total. The maximum Gasteiger partial charge on any atom is 0.252 e. The topological polar surface area (TPSA) is 29.1 Å². The van der Waals surface area contributed by atoms with Crippen molar-refractivity contribution in [3.05, 3.63) is 32.4 Å². The van der Waals surface area contributed by atoms with Gasteiger partial charge in [0.2, 0.25) is 0 Å². The Bertz CT molecular complexity index is 462. The normalized spacial score (nSPS) is 16.4. The molecule has 0 unspecified atom stereocenters. The van der Waals surface area contributed by atoms with Gasteiger partial charge >= 0.3 is 0 Å². The Labute approximate surface area is 134 Å². The van der Waals surface area contributed by atoms with Crippen molar-refractivity contribution in [1.82, 2.24) is 5.32 Å². The second kappa shape index (κ2) is 6.09. The predicted molar refractivity (Wildman–Crippen MR) is 86.6 cm³/mol. The second-order valence-corrected chi connectivity index (χ2v) is 7.14. The number of carbonyl (C=O) groups excluding carboxylic acids is 1. The van der Waals surface area contributed by atoms with E-state index >= 15 is 0 Å². The van der Waals surface area contributed by atoms with Crippen LogP contribution < -0.4 is 5.32 Å². The van der Waals surface area contributed by atoms with Gasteiger partial charge in [-0.1, -0.05) is 27.5 Å². The Balaban J connectivity index is 1.98. The molecule has 0 atom stereocenters. The number of carbonyl (C=O) groups is 1. The van der Waals surface area contributed by atoms with Crippen molar-refractivity contribution in [1.29, 1.82) is 0 Å². The summed E-state index contributed by atoms with van der Waals surface area (Å²) in [6.07, 6.45) is 3.55. The van der Waals surface area contributed by atoms with Crippen LogP contribution in [-0.4, -0.2) is 17.8 Å². The van der Waals surface area contributed by atoms with Gasteiger partial charge in [-0.3, -0.25) is 4.79 Å². The van der Waals surface area contributed by atoms with Crippen LogP contribution in [0.5, 0.6) is 0 Å². The smallest absolute Gasteiger partial charge is 0.252 e. The van der Waals surface area contributed by atoms with E-state index in [1.54, 1.807) is 12.1 Å². The molecule has 1 saturated carbocycles. The predicted octanol–water partition coefficient (Wildman–Crippen LogP) is 4.24. The summed E-state index contributed by atoms with van der Waals surface area (Å²) in [5.41, 5.74) is 1.00. The molecular formula is C13H14BrClINO. The minimum Gasteiger partial charge on any atom is -0.351 e. The Kier molecular flexibility index (Phi) is 4.94. The van der Waals surface area contributed by atoms with Crippen LogP contribution in [0.2, 0.25) is 5.02 Å². The molecule has 2 rings (SSSR count). The quantitative estimate of drug-likeness (QED) is 0.537. The molecule has 0 aliphatic heterocycles. The van der Waals surface area contributed by atoms with E-state index in [2.05, 4.69) is 43.8 Å². The molecule has 1 fully saturated rings. The standard InChI is InChI=1S/C13H14BrClINO/c14-6-5-13(3-4-13)8-17-12(18)10-7-9(15)1-2-11(10)16/h1-2,7H,3-6,8H2,(H,17,18). The molecule has 1 aliphatic rings. The van der Waals surface area contributed by atoms with Crippen LogP contribution >= 0.6 is 50.1 Å². The summed E-state index contributed by atoms with van der Waals surface area (Å²) in [5, 5.41) is 4.63. The average Bonchev–Trinajstić information content (AvgIpc) is 3.10. The van der Waals surface area contributed by atoms with Crippen molar-refractivity contribution >= 4 is 56.0 Å². The van der Waals surface area contributed by atoms with E-state index in [-0.39, 0.29) is 5.91 Å². The Hall–Kier alpha value is 0.190. The molecule has 1 aromatic rings. The number of hydrogen-bond donors (Lipinski definition) is 1. The van der Waals surface area contributed by atoms with Crippen molar-refractivity contribution in [3.63, 3.8) is 0 Å². The van der Waals surface area contributed by atoms with Gasteiger partial charge in [0.15, 0.2) is 0 Å². The van der Waals surface area contributed by atoms with E-state index in [0.717, 1.165) is 21.9 Å². The van der Waals surface area contributed by atoms with E-state index in [1.807, 2.05) is 6.07 Å². The molecule has 1 aromatic carbocycles. The molecule has 18 heavy (non-hydrogen) atoms. The highest BCUT2D eigenvalue weighted by Crippen LogP contribution is 2.48. The van der Waals surface area contributed by atoms with Crippen molar-refractivity contribution in [2.75, 3.05) is 11.9 Å². The summed E-state index contributed by atoms with van der Waals surface area (Å²) in [5.74, 6) is -0.0252. The van der Waals surface area contributed by atoms with E-state index in [1.165, 1.54) is 12.8 Å². The number of amides is 1. The van der Waals surface area contributed by atoms with E-state index in [9.17, 15) is 4.79 Å². The molecule has 0 spiro atoms. The Morgan fingerprint density at radius 1 is 1.50 bits per heavy atom. The Morgan fingerprint density at radius 3 is 2.83 bits per heavy atom. The number of alkyl halides is 1. The molecule has 1 aliphatic carbocycles. The number of benzene rings is 1. The van der Waals surface area contributed by atoms with Gasteiger partial charge in [-0.05, 0) is 65.5 Å². The lowest BCUT2D eigenvalue weighted by atomic mass is 10.0. The number of hydrogen-bond acceptors (Lipinski definition) is 1. The largest absolute Gasteiger partial charge is 0.351 e. The monoisotopic (exact) mass is 441 g/mol. The third-order valence-electron chi connectivity index (χ3n) is 3.38. The highest BCUT2D eigenvalue weighted by atomic mass is 127. The molecule has 0 radical (unpaired) electrons. The maximum atomic E-state index is 12.1. The third kappa shape index (κ3) is 3.61. The summed E-state index contributed by atoms with van der Waals surface area (Å²) in [6.45, 7) is 0.764. The highest BCUT2D eigenvalue weighted by molar-refractivity contribution is 14.1. The third-order valence-corrected chi connectivity index (χ3v) is 4.95. The molecule has 1 N–H and O–H groups in total. The fourth-order valence-corrected chi connectivity index (χ4v) is 3.52. The lowest BCUT2D eigenvalue weighted by molar-refractivity contribution is 0.0943. The highest BCUT2D eigenvalue weighted by Gasteiger charge is 2.41. The number of rotatable bonds is 5. The zero-order valence-electron chi connectivity index (χ0n) is 9.81. The van der Waals surface area contributed by atoms with Gasteiger partial charge in [0.1, 0.15) is 0 Å². The van der Waals surface area contributed by atoms with Gasteiger partial charge in [-0.2, -0.15) is 0 Å². The minimum absolute atomic E-state index is 0.0252. The summed E-state index contributed by atoms with van der Waals surface area (Å²) in [4.78, 5) is 12.1. The molecule has 5 heteroatoms. The van der Waals surface area contributed by atoms with E-state index < -0.39 is 0 Å². The van der Waals surface area contributed by atoms with Gasteiger partial charge in [0, 0.05) is 20.5 Å². The summed E-state index contributed by atoms with van der Waals surface area (Å²) >= 11 is 11.5. The first-order valence-corrected chi connectivity index (χ1v) is 8.43. The van der Waals surface area contributed by atoms with E-state index in [4.69, 9.17) is 11.6 Å². The van der Waals surface area contributed by atoms with Crippen molar-refractivity contribution in [3.8, 4) is 0 Å². The zero-order chi connectivity index (χ0) is 13.2. The summed E-state index contributed by atoms with van der Waals surface area (Å²) < 4.78 is 0.930. The summed E-state index contributed by atoms with van der Waals surface area (Å²) in [6, 6.07) is 5.39.